The maximum atomic E-state index is 12.5. The quantitative estimate of drug-likeness (QED) is 0.756. The summed E-state index contributed by atoms with van der Waals surface area (Å²) in [5, 5.41) is 19.1. The molecule has 1 aliphatic heterocycles. The molecule has 4 N–H and O–H groups in total. The van der Waals surface area contributed by atoms with E-state index in [1.165, 1.54) is 12.1 Å². The summed E-state index contributed by atoms with van der Waals surface area (Å²) in [5.41, 5.74) is 5.91. The number of amides is 1. The van der Waals surface area contributed by atoms with Gasteiger partial charge in [0.15, 0.2) is 0 Å². The van der Waals surface area contributed by atoms with Crippen molar-refractivity contribution in [1.29, 1.82) is 0 Å². The van der Waals surface area contributed by atoms with Gasteiger partial charge in [0, 0.05) is 32.3 Å². The number of aromatic hydroxyl groups is 2. The van der Waals surface area contributed by atoms with Crippen LogP contribution in [-0.4, -0.2) is 53.4 Å². The predicted octanol–water partition coefficient (Wildman–Crippen LogP) is 0.676. The van der Waals surface area contributed by atoms with Gasteiger partial charge in [-0.1, -0.05) is 0 Å². The molecule has 20 heavy (non-hydrogen) atoms. The fraction of sp³-hybridized carbons (Fsp3) is 0.500. The highest BCUT2D eigenvalue weighted by Crippen LogP contribution is 2.27. The Morgan fingerprint density at radius 1 is 1.50 bits per heavy atom. The number of carbonyl (C=O) groups excluding carboxylic acids is 1. The van der Waals surface area contributed by atoms with Crippen molar-refractivity contribution in [2.24, 2.45) is 5.73 Å². The Balaban J connectivity index is 2.19. The molecule has 6 heteroatoms. The van der Waals surface area contributed by atoms with Crippen molar-refractivity contribution >= 4 is 5.91 Å². The number of benzene rings is 1. The number of phenols is 2. The van der Waals surface area contributed by atoms with Crippen LogP contribution in [0.25, 0.3) is 0 Å². The summed E-state index contributed by atoms with van der Waals surface area (Å²) in [7, 11) is 1.65. The number of methoxy groups -OCH3 is 1. The third-order valence-electron chi connectivity index (χ3n) is 3.75. The van der Waals surface area contributed by atoms with Gasteiger partial charge in [-0.3, -0.25) is 4.79 Å². The van der Waals surface area contributed by atoms with Gasteiger partial charge in [-0.05, 0) is 25.0 Å². The van der Waals surface area contributed by atoms with E-state index in [2.05, 4.69) is 0 Å². The number of carbonyl (C=O) groups is 1. The first-order chi connectivity index (χ1) is 9.56. The number of likely N-dealkylation sites (tertiary alicyclic amines) is 1. The van der Waals surface area contributed by atoms with E-state index in [9.17, 15) is 15.0 Å². The van der Waals surface area contributed by atoms with Crippen molar-refractivity contribution in [2.45, 2.75) is 25.0 Å². The summed E-state index contributed by atoms with van der Waals surface area (Å²) < 4.78 is 5.32. The van der Waals surface area contributed by atoms with Gasteiger partial charge >= 0.3 is 0 Å². The number of rotatable bonds is 3. The highest BCUT2D eigenvalue weighted by molar-refractivity contribution is 5.97. The molecule has 0 saturated carbocycles. The van der Waals surface area contributed by atoms with Crippen LogP contribution >= 0.6 is 0 Å². The molecule has 110 valence electrons. The van der Waals surface area contributed by atoms with Crippen molar-refractivity contribution in [2.75, 3.05) is 20.2 Å². The minimum Gasteiger partial charge on any atom is -0.508 e. The molecule has 1 fully saturated rings. The SMILES string of the molecule is COC1CCN(C(=O)c2ccc(O)cc2O)C(CN)C1. The van der Waals surface area contributed by atoms with Gasteiger partial charge in [0.1, 0.15) is 11.5 Å². The predicted molar refractivity (Wildman–Crippen MR) is 73.7 cm³/mol. The molecule has 2 unspecified atom stereocenters. The average molecular weight is 280 g/mol. The second-order valence-electron chi connectivity index (χ2n) is 4.97. The number of phenolic OH excluding ortho intramolecular Hbond substituents is 2. The molecular weight excluding hydrogens is 260 g/mol. The van der Waals surface area contributed by atoms with Gasteiger partial charge in [0.2, 0.25) is 0 Å². The molecule has 6 nitrogen and oxygen atoms in total. The lowest BCUT2D eigenvalue weighted by Crippen LogP contribution is -2.51. The molecule has 0 aliphatic carbocycles. The van der Waals surface area contributed by atoms with E-state index < -0.39 is 0 Å². The maximum Gasteiger partial charge on any atom is 0.257 e. The lowest BCUT2D eigenvalue weighted by atomic mass is 9.98. The third-order valence-corrected chi connectivity index (χ3v) is 3.75. The molecule has 1 amide bonds. The van der Waals surface area contributed by atoms with Crippen molar-refractivity contribution in [3.8, 4) is 11.5 Å². The van der Waals surface area contributed by atoms with Gasteiger partial charge in [0.25, 0.3) is 5.91 Å². The fourth-order valence-corrected chi connectivity index (χ4v) is 2.57. The Bertz CT molecular complexity index is 492. The van der Waals surface area contributed by atoms with Crippen LogP contribution in [0.2, 0.25) is 0 Å². The first-order valence-electron chi connectivity index (χ1n) is 6.62. The molecular formula is C14H20N2O4. The third kappa shape index (κ3) is 2.86. The first kappa shape index (κ1) is 14.6. The molecule has 1 aromatic carbocycles. The van der Waals surface area contributed by atoms with Crippen LogP contribution in [0.15, 0.2) is 18.2 Å². The summed E-state index contributed by atoms with van der Waals surface area (Å²) in [6, 6.07) is 3.86. The van der Waals surface area contributed by atoms with E-state index in [0.717, 1.165) is 12.5 Å². The van der Waals surface area contributed by atoms with Gasteiger partial charge in [-0.2, -0.15) is 0 Å². The number of hydrogen-bond acceptors (Lipinski definition) is 5. The minimum atomic E-state index is -0.271. The lowest BCUT2D eigenvalue weighted by Gasteiger charge is -2.38. The van der Waals surface area contributed by atoms with Crippen molar-refractivity contribution in [3.63, 3.8) is 0 Å². The molecule has 0 spiro atoms. The summed E-state index contributed by atoms with van der Waals surface area (Å²) in [6.45, 7) is 0.893. The number of hydrogen-bond donors (Lipinski definition) is 3. The molecule has 1 aliphatic rings. The van der Waals surface area contributed by atoms with Crippen LogP contribution in [-0.2, 0) is 4.74 Å². The molecule has 2 rings (SSSR count). The van der Waals surface area contributed by atoms with Crippen LogP contribution in [0.1, 0.15) is 23.2 Å². The lowest BCUT2D eigenvalue weighted by molar-refractivity contribution is 0.0138. The highest BCUT2D eigenvalue weighted by atomic mass is 16.5. The second kappa shape index (κ2) is 6.11. The smallest absolute Gasteiger partial charge is 0.257 e. The monoisotopic (exact) mass is 280 g/mol. The Hall–Kier alpha value is -1.79. The van der Waals surface area contributed by atoms with E-state index in [4.69, 9.17) is 10.5 Å². The number of ether oxygens (including phenoxy) is 1. The zero-order valence-corrected chi connectivity index (χ0v) is 11.5. The Labute approximate surface area is 117 Å². The Kier molecular flexibility index (Phi) is 4.46. The summed E-state index contributed by atoms with van der Waals surface area (Å²) >= 11 is 0. The van der Waals surface area contributed by atoms with Crippen molar-refractivity contribution in [1.82, 2.24) is 4.90 Å². The van der Waals surface area contributed by atoms with E-state index in [1.807, 2.05) is 0 Å². The van der Waals surface area contributed by atoms with Crippen LogP contribution in [0.4, 0.5) is 0 Å². The number of nitrogens with two attached hydrogens (primary N) is 1. The second-order valence-corrected chi connectivity index (χ2v) is 4.97. The number of nitrogens with zero attached hydrogens (tertiary/aromatic N) is 1. The summed E-state index contributed by atoms with van der Waals surface area (Å²) in [6.07, 6.45) is 1.55. The molecule has 0 bridgehead atoms. The van der Waals surface area contributed by atoms with E-state index in [1.54, 1.807) is 12.0 Å². The van der Waals surface area contributed by atoms with Crippen molar-refractivity contribution in [3.05, 3.63) is 23.8 Å². The average Bonchev–Trinajstić information content (AvgIpc) is 2.46. The summed E-state index contributed by atoms with van der Waals surface area (Å²) in [4.78, 5) is 14.2. The van der Waals surface area contributed by atoms with Crippen molar-refractivity contribution < 1.29 is 19.7 Å². The molecule has 1 heterocycles. The zero-order chi connectivity index (χ0) is 14.7. The molecule has 1 aromatic rings. The van der Waals surface area contributed by atoms with Gasteiger partial charge in [-0.25, -0.2) is 0 Å². The van der Waals surface area contributed by atoms with Gasteiger partial charge in [0.05, 0.1) is 11.7 Å². The maximum absolute atomic E-state index is 12.5. The van der Waals surface area contributed by atoms with E-state index in [-0.39, 0.29) is 35.1 Å². The van der Waals surface area contributed by atoms with Crippen LogP contribution in [0.3, 0.4) is 0 Å². The largest absolute Gasteiger partial charge is 0.508 e. The zero-order valence-electron chi connectivity index (χ0n) is 11.5. The molecule has 0 aromatic heterocycles. The molecule has 0 radical (unpaired) electrons. The fourth-order valence-electron chi connectivity index (χ4n) is 2.57. The molecule has 1 saturated heterocycles. The first-order valence-corrected chi connectivity index (χ1v) is 6.62. The van der Waals surface area contributed by atoms with Crippen LogP contribution in [0, 0.1) is 0 Å². The number of piperidine rings is 1. The Morgan fingerprint density at radius 2 is 2.25 bits per heavy atom. The standard InChI is InChI=1S/C14H20N2O4/c1-20-11-4-5-16(9(6-11)8-15)14(19)12-3-2-10(17)7-13(12)18/h2-3,7,9,11,17-18H,4-6,8,15H2,1H3. The van der Waals surface area contributed by atoms with Gasteiger partial charge < -0.3 is 25.6 Å². The minimum absolute atomic E-state index is 0.0764. The normalized spacial score (nSPS) is 22.8. The van der Waals surface area contributed by atoms with E-state index in [0.29, 0.717) is 19.5 Å². The van der Waals surface area contributed by atoms with E-state index >= 15 is 0 Å². The highest BCUT2D eigenvalue weighted by Gasteiger charge is 2.32. The topological polar surface area (TPSA) is 96.0 Å². The van der Waals surface area contributed by atoms with Crippen LogP contribution < -0.4 is 5.73 Å². The summed E-state index contributed by atoms with van der Waals surface area (Å²) in [5.74, 6) is -0.570. The Morgan fingerprint density at radius 3 is 2.85 bits per heavy atom. The van der Waals surface area contributed by atoms with Gasteiger partial charge in [-0.15, -0.1) is 0 Å². The molecule has 2 atom stereocenters. The van der Waals surface area contributed by atoms with Crippen LogP contribution in [0.5, 0.6) is 11.5 Å².